The third kappa shape index (κ3) is 3.67. The first-order valence-electron chi connectivity index (χ1n) is 5.01. The van der Waals surface area contributed by atoms with E-state index in [4.69, 9.17) is 5.11 Å². The maximum atomic E-state index is 10.2. The van der Waals surface area contributed by atoms with E-state index in [9.17, 15) is 20.1 Å². The molecular formula is C12H14O5. The Bertz CT molecular complexity index is 387. The Kier molecular flexibility index (Phi) is 4.84. The normalized spacial score (nSPS) is 17.2. The number of carbonyl (C=O) groups excluding carboxylic acids is 1. The summed E-state index contributed by atoms with van der Waals surface area (Å²) < 4.78 is 0. The van der Waals surface area contributed by atoms with Gasteiger partial charge in [0.1, 0.15) is 24.1 Å². The van der Waals surface area contributed by atoms with Gasteiger partial charge in [-0.05, 0) is 11.6 Å². The number of hydrogen-bond acceptors (Lipinski definition) is 5. The molecule has 0 radical (unpaired) electrons. The predicted octanol–water partition coefficient (Wildman–Crippen LogP) is -0.133. The van der Waals surface area contributed by atoms with E-state index in [2.05, 4.69) is 0 Å². The number of hydrogen-bond donors (Lipinski definition) is 4. The summed E-state index contributed by atoms with van der Waals surface area (Å²) >= 11 is 0. The van der Waals surface area contributed by atoms with Crippen LogP contribution in [0.3, 0.4) is 0 Å². The van der Waals surface area contributed by atoms with Crippen LogP contribution in [-0.4, -0.2) is 45.0 Å². The van der Waals surface area contributed by atoms with Crippen molar-refractivity contribution in [2.45, 2.75) is 18.3 Å². The number of aliphatic hydroxyl groups excluding tert-OH is 4. The number of benzene rings is 1. The van der Waals surface area contributed by atoms with E-state index in [1.807, 2.05) is 0 Å². The van der Waals surface area contributed by atoms with Gasteiger partial charge in [-0.15, -0.1) is 0 Å². The predicted molar refractivity (Wildman–Crippen MR) is 61.1 cm³/mol. The molecule has 0 bridgehead atoms. The molecular weight excluding hydrogens is 224 g/mol. The summed E-state index contributed by atoms with van der Waals surface area (Å²) in [6.45, 7) is 0. The van der Waals surface area contributed by atoms with Gasteiger partial charge in [-0.2, -0.15) is 0 Å². The van der Waals surface area contributed by atoms with Crippen molar-refractivity contribution in [1.29, 1.82) is 0 Å². The summed E-state index contributed by atoms with van der Waals surface area (Å²) in [7, 11) is 0. The molecule has 0 amide bonds. The molecule has 1 aromatic carbocycles. The van der Waals surface area contributed by atoms with Gasteiger partial charge in [-0.3, -0.25) is 0 Å². The molecule has 4 N–H and O–H groups in total. The second-order valence-corrected chi connectivity index (χ2v) is 3.54. The Morgan fingerprint density at radius 1 is 1.12 bits per heavy atom. The van der Waals surface area contributed by atoms with Crippen molar-refractivity contribution in [3.63, 3.8) is 0 Å². The van der Waals surface area contributed by atoms with Crippen LogP contribution in [-0.2, 0) is 4.79 Å². The molecule has 17 heavy (non-hydrogen) atoms. The fraction of sp³-hybridized carbons (Fsp3) is 0.250. The van der Waals surface area contributed by atoms with Crippen molar-refractivity contribution >= 4 is 12.4 Å². The Morgan fingerprint density at radius 3 is 2.24 bits per heavy atom. The molecule has 0 aromatic heterocycles. The average Bonchev–Trinajstić information content (AvgIpc) is 2.37. The minimum Gasteiger partial charge on any atom is -0.509 e. The van der Waals surface area contributed by atoms with Crippen LogP contribution in [0.15, 0.2) is 36.1 Å². The third-order valence-electron chi connectivity index (χ3n) is 2.23. The smallest absolute Gasteiger partial charge is 0.151 e. The SMILES string of the molecule is O=C[C@H](O)[C@H](O)[C@H](O)C(O)=Cc1ccccc1. The highest BCUT2D eigenvalue weighted by atomic mass is 16.4. The van der Waals surface area contributed by atoms with Crippen LogP contribution >= 0.6 is 0 Å². The first-order chi connectivity index (χ1) is 8.06. The van der Waals surface area contributed by atoms with Gasteiger partial charge >= 0.3 is 0 Å². The summed E-state index contributed by atoms with van der Waals surface area (Å²) in [6.07, 6.45) is -3.88. The zero-order valence-corrected chi connectivity index (χ0v) is 8.97. The second-order valence-electron chi connectivity index (χ2n) is 3.54. The van der Waals surface area contributed by atoms with Gasteiger partial charge in [-0.1, -0.05) is 30.3 Å². The molecule has 1 rings (SSSR count). The monoisotopic (exact) mass is 238 g/mol. The summed E-state index contributed by atoms with van der Waals surface area (Å²) in [6, 6.07) is 8.64. The maximum absolute atomic E-state index is 10.2. The molecule has 5 heteroatoms. The molecule has 0 spiro atoms. The summed E-state index contributed by atoms with van der Waals surface area (Å²) in [5.41, 5.74) is 0.622. The topological polar surface area (TPSA) is 98.0 Å². The van der Waals surface area contributed by atoms with Crippen LogP contribution in [0.25, 0.3) is 6.08 Å². The zero-order valence-electron chi connectivity index (χ0n) is 8.97. The molecule has 0 saturated heterocycles. The van der Waals surface area contributed by atoms with Crippen LogP contribution in [0.5, 0.6) is 0 Å². The summed E-state index contributed by atoms with van der Waals surface area (Å²) in [5.74, 6) is -0.524. The number of aliphatic hydroxyl groups is 4. The lowest BCUT2D eigenvalue weighted by Crippen LogP contribution is -2.39. The minimum atomic E-state index is -1.76. The highest BCUT2D eigenvalue weighted by molar-refractivity contribution is 5.57. The lowest BCUT2D eigenvalue weighted by Gasteiger charge is -2.18. The van der Waals surface area contributed by atoms with Crippen molar-refractivity contribution in [2.75, 3.05) is 0 Å². The van der Waals surface area contributed by atoms with Crippen molar-refractivity contribution in [3.05, 3.63) is 41.7 Å². The molecule has 0 aliphatic rings. The van der Waals surface area contributed by atoms with Gasteiger partial charge in [0, 0.05) is 0 Å². The molecule has 92 valence electrons. The zero-order chi connectivity index (χ0) is 12.8. The fourth-order valence-electron chi connectivity index (χ4n) is 1.25. The second kappa shape index (κ2) is 6.15. The first-order valence-corrected chi connectivity index (χ1v) is 5.01. The molecule has 0 fully saturated rings. The molecule has 5 nitrogen and oxygen atoms in total. The molecule has 0 unspecified atom stereocenters. The standard InChI is InChI=1S/C12H14O5/c13-7-10(15)12(17)11(16)9(14)6-8-4-2-1-3-5-8/h1-7,10-12,14-17H/t10-,11+,12-/m0/s1. The lowest BCUT2D eigenvalue weighted by molar-refractivity contribution is -0.125. The van der Waals surface area contributed by atoms with Gasteiger partial charge in [-0.25, -0.2) is 0 Å². The van der Waals surface area contributed by atoms with E-state index < -0.39 is 24.1 Å². The Hall–Kier alpha value is -1.69. The van der Waals surface area contributed by atoms with Gasteiger partial charge in [0.05, 0.1) is 0 Å². The molecule has 0 saturated carbocycles. The Balaban J connectivity index is 2.79. The van der Waals surface area contributed by atoms with E-state index in [0.29, 0.717) is 5.56 Å². The maximum Gasteiger partial charge on any atom is 0.151 e. The molecule has 0 aliphatic carbocycles. The van der Waals surface area contributed by atoms with Crippen LogP contribution in [0.2, 0.25) is 0 Å². The van der Waals surface area contributed by atoms with Gasteiger partial charge in [0.15, 0.2) is 6.29 Å². The van der Waals surface area contributed by atoms with Crippen molar-refractivity contribution in [3.8, 4) is 0 Å². The van der Waals surface area contributed by atoms with Gasteiger partial charge < -0.3 is 25.2 Å². The molecule has 3 atom stereocenters. The van der Waals surface area contributed by atoms with Crippen molar-refractivity contribution < 1.29 is 25.2 Å². The largest absolute Gasteiger partial charge is 0.509 e. The minimum absolute atomic E-state index is 0.0870. The van der Waals surface area contributed by atoms with E-state index in [1.165, 1.54) is 6.08 Å². The van der Waals surface area contributed by atoms with Crippen LogP contribution in [0.4, 0.5) is 0 Å². The lowest BCUT2D eigenvalue weighted by atomic mass is 10.1. The van der Waals surface area contributed by atoms with Crippen molar-refractivity contribution in [2.24, 2.45) is 0 Å². The molecule has 0 heterocycles. The Labute approximate surface area is 98.3 Å². The number of aldehydes is 1. The Morgan fingerprint density at radius 2 is 1.71 bits per heavy atom. The van der Waals surface area contributed by atoms with E-state index >= 15 is 0 Å². The van der Waals surface area contributed by atoms with E-state index in [1.54, 1.807) is 30.3 Å². The van der Waals surface area contributed by atoms with Crippen LogP contribution in [0.1, 0.15) is 5.56 Å². The fourth-order valence-corrected chi connectivity index (χ4v) is 1.25. The van der Waals surface area contributed by atoms with Crippen LogP contribution in [0, 0.1) is 0 Å². The number of rotatable bonds is 5. The van der Waals surface area contributed by atoms with Crippen molar-refractivity contribution in [1.82, 2.24) is 0 Å². The third-order valence-corrected chi connectivity index (χ3v) is 2.23. The van der Waals surface area contributed by atoms with Crippen LogP contribution < -0.4 is 0 Å². The summed E-state index contributed by atoms with van der Waals surface area (Å²) in [5, 5.41) is 37.3. The van der Waals surface area contributed by atoms with E-state index in [0.717, 1.165) is 0 Å². The molecule has 1 aromatic rings. The molecule has 0 aliphatic heterocycles. The van der Waals surface area contributed by atoms with Gasteiger partial charge in [0.2, 0.25) is 0 Å². The first kappa shape index (κ1) is 13.4. The number of carbonyl (C=O) groups is 1. The quantitative estimate of drug-likeness (QED) is 0.423. The van der Waals surface area contributed by atoms with E-state index in [-0.39, 0.29) is 6.29 Å². The highest BCUT2D eigenvalue weighted by Gasteiger charge is 2.27. The van der Waals surface area contributed by atoms with Gasteiger partial charge in [0.25, 0.3) is 0 Å². The summed E-state index contributed by atoms with van der Waals surface area (Å²) in [4.78, 5) is 10.2. The highest BCUT2D eigenvalue weighted by Crippen LogP contribution is 2.11. The average molecular weight is 238 g/mol.